The summed E-state index contributed by atoms with van der Waals surface area (Å²) >= 11 is 0. The number of fused-ring (bicyclic) bond motifs is 2. The zero-order chi connectivity index (χ0) is 23.5. The van der Waals surface area contributed by atoms with Crippen LogP contribution < -0.4 is 19.9 Å². The Kier molecular flexibility index (Phi) is 5.82. The maximum absolute atomic E-state index is 13.4. The molecule has 1 aliphatic heterocycles. The van der Waals surface area contributed by atoms with Crippen LogP contribution in [0.15, 0.2) is 71.9 Å². The summed E-state index contributed by atoms with van der Waals surface area (Å²) in [5.41, 5.74) is 1.84. The second-order valence-corrected chi connectivity index (χ2v) is 7.83. The molecule has 0 unspecified atom stereocenters. The first kappa shape index (κ1) is 21.4. The average Bonchev–Trinajstić information content (AvgIpc) is 3.25. The van der Waals surface area contributed by atoms with Gasteiger partial charge < -0.3 is 14.4 Å². The van der Waals surface area contributed by atoms with Gasteiger partial charge in [0.1, 0.15) is 31.5 Å². The Morgan fingerprint density at radius 3 is 2.74 bits per heavy atom. The molecule has 9 nitrogen and oxygen atoms in total. The van der Waals surface area contributed by atoms with Crippen LogP contribution >= 0.6 is 0 Å². The lowest BCUT2D eigenvalue weighted by molar-refractivity contribution is -0.119. The first-order valence-electron chi connectivity index (χ1n) is 10.9. The van der Waals surface area contributed by atoms with Crippen LogP contribution in [0.1, 0.15) is 5.56 Å². The van der Waals surface area contributed by atoms with Gasteiger partial charge in [-0.15, -0.1) is 0 Å². The van der Waals surface area contributed by atoms with Crippen molar-refractivity contribution in [1.82, 2.24) is 19.3 Å². The van der Waals surface area contributed by atoms with Crippen LogP contribution in [0.3, 0.4) is 0 Å². The molecule has 0 atom stereocenters. The Bertz CT molecular complexity index is 1420. The summed E-state index contributed by atoms with van der Waals surface area (Å²) in [6, 6.07) is 15.2. The predicted molar refractivity (Wildman–Crippen MR) is 128 cm³/mol. The number of carbonyl (C=O) groups is 1. The molecule has 0 radical (unpaired) electrons. The Labute approximate surface area is 195 Å². The van der Waals surface area contributed by atoms with Gasteiger partial charge in [-0.2, -0.15) is 5.10 Å². The molecule has 5 rings (SSSR count). The summed E-state index contributed by atoms with van der Waals surface area (Å²) in [6.07, 6.45) is 6.71. The molecule has 3 heterocycles. The number of amides is 1. The number of anilines is 1. The SMILES string of the molecule is Cn1ncc2c(=O)n(CC(=O)N(CC=Cc3ccccc3)c3ccc4c(c3)OCCO4)cnc21. The minimum absolute atomic E-state index is 0.162. The number of hydrogen-bond acceptors (Lipinski definition) is 6. The normalized spacial score (nSPS) is 12.9. The molecule has 0 fully saturated rings. The third-order valence-corrected chi connectivity index (χ3v) is 5.56. The van der Waals surface area contributed by atoms with Crippen LogP contribution in [-0.4, -0.2) is 45.0 Å². The van der Waals surface area contributed by atoms with Gasteiger partial charge in [0.25, 0.3) is 5.56 Å². The van der Waals surface area contributed by atoms with Crippen molar-refractivity contribution in [2.24, 2.45) is 7.05 Å². The lowest BCUT2D eigenvalue weighted by Gasteiger charge is -2.25. The van der Waals surface area contributed by atoms with E-state index in [2.05, 4.69) is 10.1 Å². The van der Waals surface area contributed by atoms with Crippen LogP contribution in [-0.2, 0) is 18.4 Å². The van der Waals surface area contributed by atoms with Crippen LogP contribution in [0.2, 0.25) is 0 Å². The van der Waals surface area contributed by atoms with Crippen molar-refractivity contribution in [3.63, 3.8) is 0 Å². The molecule has 2 aromatic carbocycles. The number of rotatable bonds is 6. The first-order valence-corrected chi connectivity index (χ1v) is 10.9. The molecule has 0 saturated carbocycles. The number of aromatic nitrogens is 4. The molecule has 172 valence electrons. The highest BCUT2D eigenvalue weighted by Crippen LogP contribution is 2.34. The third-order valence-electron chi connectivity index (χ3n) is 5.56. The standard InChI is InChI=1S/C25H23N5O4/c1-28-24-20(15-27-28)25(32)29(17-26-24)16-23(31)30(11-5-8-18-6-3-2-4-7-18)19-9-10-21-22(14-19)34-13-12-33-21/h2-10,14-15,17H,11-13,16H2,1H3. The van der Waals surface area contributed by atoms with Gasteiger partial charge in [0, 0.05) is 25.3 Å². The van der Waals surface area contributed by atoms with E-state index in [9.17, 15) is 9.59 Å². The Morgan fingerprint density at radius 2 is 1.91 bits per heavy atom. The van der Waals surface area contributed by atoms with E-state index in [0.29, 0.717) is 48.0 Å². The molecule has 34 heavy (non-hydrogen) atoms. The van der Waals surface area contributed by atoms with E-state index in [1.807, 2.05) is 48.6 Å². The van der Waals surface area contributed by atoms with Crippen LogP contribution in [0, 0.1) is 0 Å². The van der Waals surface area contributed by atoms with E-state index in [0.717, 1.165) is 5.56 Å². The van der Waals surface area contributed by atoms with E-state index in [1.165, 1.54) is 21.8 Å². The van der Waals surface area contributed by atoms with Crippen molar-refractivity contribution in [2.45, 2.75) is 6.54 Å². The van der Waals surface area contributed by atoms with Crippen molar-refractivity contribution < 1.29 is 14.3 Å². The van der Waals surface area contributed by atoms with Crippen LogP contribution in [0.25, 0.3) is 17.1 Å². The maximum Gasteiger partial charge on any atom is 0.264 e. The number of benzene rings is 2. The largest absolute Gasteiger partial charge is 0.486 e. The van der Waals surface area contributed by atoms with Gasteiger partial charge in [-0.3, -0.25) is 18.8 Å². The highest BCUT2D eigenvalue weighted by atomic mass is 16.6. The molecule has 9 heteroatoms. The molecule has 0 bridgehead atoms. The molecular formula is C25H23N5O4. The summed E-state index contributed by atoms with van der Waals surface area (Å²) in [7, 11) is 1.72. The topological polar surface area (TPSA) is 91.5 Å². The molecule has 0 aliphatic carbocycles. The minimum Gasteiger partial charge on any atom is -0.486 e. The molecule has 0 spiro atoms. The Hall–Kier alpha value is -4.40. The lowest BCUT2D eigenvalue weighted by Crippen LogP contribution is -2.37. The minimum atomic E-state index is -0.312. The van der Waals surface area contributed by atoms with Crippen molar-refractivity contribution in [1.29, 1.82) is 0 Å². The molecule has 1 amide bonds. The van der Waals surface area contributed by atoms with Crippen LogP contribution in [0.4, 0.5) is 5.69 Å². The highest BCUT2D eigenvalue weighted by Gasteiger charge is 2.20. The quantitative estimate of drug-likeness (QED) is 0.442. The van der Waals surface area contributed by atoms with E-state index >= 15 is 0 Å². The summed E-state index contributed by atoms with van der Waals surface area (Å²) in [5, 5.41) is 4.45. The zero-order valence-corrected chi connectivity index (χ0v) is 18.6. The third kappa shape index (κ3) is 4.27. The molecular weight excluding hydrogens is 434 g/mol. The van der Waals surface area contributed by atoms with Gasteiger partial charge in [-0.1, -0.05) is 42.5 Å². The summed E-state index contributed by atoms with van der Waals surface area (Å²) in [6.45, 7) is 1.08. The van der Waals surface area contributed by atoms with Gasteiger partial charge in [0.05, 0.1) is 6.20 Å². The smallest absolute Gasteiger partial charge is 0.264 e. The van der Waals surface area contributed by atoms with Crippen molar-refractivity contribution >= 4 is 28.7 Å². The van der Waals surface area contributed by atoms with E-state index in [-0.39, 0.29) is 18.0 Å². The van der Waals surface area contributed by atoms with E-state index < -0.39 is 0 Å². The van der Waals surface area contributed by atoms with Crippen LogP contribution in [0.5, 0.6) is 11.5 Å². The predicted octanol–water partition coefficient (Wildman–Crippen LogP) is 2.65. The first-order chi connectivity index (χ1) is 16.6. The lowest BCUT2D eigenvalue weighted by atomic mass is 10.2. The fourth-order valence-corrected chi connectivity index (χ4v) is 3.82. The van der Waals surface area contributed by atoms with Gasteiger partial charge in [-0.05, 0) is 17.7 Å². The van der Waals surface area contributed by atoms with E-state index in [4.69, 9.17) is 9.47 Å². The summed E-state index contributed by atoms with van der Waals surface area (Å²) < 4.78 is 14.1. The van der Waals surface area contributed by atoms with Gasteiger partial charge in [0.15, 0.2) is 17.1 Å². The molecule has 1 aliphatic rings. The fourth-order valence-electron chi connectivity index (χ4n) is 3.82. The second-order valence-electron chi connectivity index (χ2n) is 7.83. The Balaban J connectivity index is 1.44. The summed E-state index contributed by atoms with van der Waals surface area (Å²) in [4.78, 5) is 32.2. The number of ether oxygens (including phenoxy) is 2. The molecule has 0 saturated heterocycles. The number of carbonyl (C=O) groups excluding carboxylic acids is 1. The molecule has 2 aromatic heterocycles. The van der Waals surface area contributed by atoms with Crippen molar-refractivity contribution in [2.75, 3.05) is 24.7 Å². The van der Waals surface area contributed by atoms with Crippen molar-refractivity contribution in [3.8, 4) is 11.5 Å². The van der Waals surface area contributed by atoms with Gasteiger partial charge in [0.2, 0.25) is 5.91 Å². The number of hydrogen-bond donors (Lipinski definition) is 0. The number of aryl methyl sites for hydroxylation is 1. The molecule has 0 N–H and O–H groups in total. The van der Waals surface area contributed by atoms with Crippen molar-refractivity contribution in [3.05, 3.63) is 83.0 Å². The monoisotopic (exact) mass is 457 g/mol. The zero-order valence-electron chi connectivity index (χ0n) is 18.6. The number of nitrogens with zero attached hydrogens (tertiary/aromatic N) is 5. The Morgan fingerprint density at radius 1 is 1.12 bits per heavy atom. The van der Waals surface area contributed by atoms with Gasteiger partial charge >= 0.3 is 0 Å². The average molecular weight is 457 g/mol. The highest BCUT2D eigenvalue weighted by molar-refractivity contribution is 5.94. The van der Waals surface area contributed by atoms with E-state index in [1.54, 1.807) is 24.1 Å². The molecule has 4 aromatic rings. The summed E-state index contributed by atoms with van der Waals surface area (Å²) in [5.74, 6) is 0.968. The maximum atomic E-state index is 13.4. The van der Waals surface area contributed by atoms with Gasteiger partial charge in [-0.25, -0.2) is 4.98 Å². The second kappa shape index (κ2) is 9.22. The fraction of sp³-hybridized carbons (Fsp3) is 0.200.